The molecule has 7 heteroatoms. The number of ether oxygens (including phenoxy) is 1. The molecule has 0 spiro atoms. The fourth-order valence-corrected chi connectivity index (χ4v) is 2.77. The lowest BCUT2D eigenvalue weighted by atomic mass is 10.1. The number of halogens is 2. The summed E-state index contributed by atoms with van der Waals surface area (Å²) >= 11 is 12.0. The summed E-state index contributed by atoms with van der Waals surface area (Å²) in [6, 6.07) is 14.5. The molecular formula is C21H18Cl2N2O3. The smallest absolute Gasteiger partial charge is 0.277 e. The number of hydrogen-bond acceptors (Lipinski definition) is 4. The van der Waals surface area contributed by atoms with E-state index in [0.29, 0.717) is 27.3 Å². The summed E-state index contributed by atoms with van der Waals surface area (Å²) in [5, 5.41) is 5.23. The van der Waals surface area contributed by atoms with Gasteiger partial charge in [0.25, 0.3) is 5.91 Å². The number of carbonyl (C=O) groups excluding carboxylic acids is 1. The van der Waals surface area contributed by atoms with Gasteiger partial charge in [0.15, 0.2) is 6.61 Å². The van der Waals surface area contributed by atoms with Gasteiger partial charge < -0.3 is 9.15 Å². The van der Waals surface area contributed by atoms with Crippen LogP contribution in [0.2, 0.25) is 10.0 Å². The van der Waals surface area contributed by atoms with Crippen LogP contribution >= 0.6 is 23.2 Å². The van der Waals surface area contributed by atoms with Crippen LogP contribution in [0.15, 0.2) is 58.0 Å². The topological polar surface area (TPSA) is 63.8 Å². The molecule has 3 rings (SSSR count). The fraction of sp³-hybridized carbons (Fsp3) is 0.143. The zero-order valence-corrected chi connectivity index (χ0v) is 16.8. The molecule has 5 nitrogen and oxygen atoms in total. The second kappa shape index (κ2) is 8.95. The van der Waals surface area contributed by atoms with E-state index in [1.54, 1.807) is 30.3 Å². The Morgan fingerprint density at radius 1 is 1.11 bits per heavy atom. The molecule has 0 radical (unpaired) electrons. The number of nitrogens with zero attached hydrogens (tertiary/aromatic N) is 1. The van der Waals surface area contributed by atoms with E-state index in [1.165, 1.54) is 6.21 Å². The summed E-state index contributed by atoms with van der Waals surface area (Å²) in [6.07, 6.45) is 1.42. The first-order valence-corrected chi connectivity index (χ1v) is 9.25. The summed E-state index contributed by atoms with van der Waals surface area (Å²) in [5.74, 6) is 1.39. The molecule has 0 saturated carbocycles. The zero-order valence-electron chi connectivity index (χ0n) is 15.3. The quantitative estimate of drug-likeness (QED) is 0.432. The summed E-state index contributed by atoms with van der Waals surface area (Å²) in [6.45, 7) is 3.61. The average Bonchev–Trinajstić information content (AvgIpc) is 3.14. The van der Waals surface area contributed by atoms with Crippen LogP contribution in [-0.4, -0.2) is 18.7 Å². The third-order valence-electron chi connectivity index (χ3n) is 3.92. The SMILES string of the molecule is Cc1cc(OCC(=O)NN=Cc2ccc(-c3ccc(Cl)cc3)o2)cc(C)c1Cl. The lowest BCUT2D eigenvalue weighted by Gasteiger charge is -2.09. The van der Waals surface area contributed by atoms with Crippen LogP contribution in [0.4, 0.5) is 0 Å². The van der Waals surface area contributed by atoms with Gasteiger partial charge in [0, 0.05) is 15.6 Å². The number of benzene rings is 2. The zero-order chi connectivity index (χ0) is 20.1. The first-order valence-electron chi connectivity index (χ1n) is 8.49. The van der Waals surface area contributed by atoms with Crippen molar-refractivity contribution < 1.29 is 13.9 Å². The monoisotopic (exact) mass is 416 g/mol. The maximum atomic E-state index is 11.9. The van der Waals surface area contributed by atoms with Gasteiger partial charge in [0.1, 0.15) is 17.3 Å². The molecular weight excluding hydrogens is 399 g/mol. The minimum Gasteiger partial charge on any atom is -0.484 e. The van der Waals surface area contributed by atoms with Crippen molar-refractivity contribution in [3.63, 3.8) is 0 Å². The molecule has 1 amide bonds. The molecule has 0 atom stereocenters. The molecule has 1 aromatic heterocycles. The summed E-state index contributed by atoms with van der Waals surface area (Å²) in [5.41, 5.74) is 5.08. The molecule has 0 bridgehead atoms. The molecule has 0 fully saturated rings. The Bertz CT molecular complexity index is 988. The maximum absolute atomic E-state index is 11.9. The van der Waals surface area contributed by atoms with Gasteiger partial charge in [-0.05, 0) is 73.5 Å². The van der Waals surface area contributed by atoms with E-state index in [0.717, 1.165) is 16.7 Å². The highest BCUT2D eigenvalue weighted by atomic mass is 35.5. The van der Waals surface area contributed by atoms with Crippen LogP contribution in [0.25, 0.3) is 11.3 Å². The standard InChI is InChI=1S/C21H18Cl2N2O3/c1-13-9-18(10-14(2)21(13)23)27-12-20(26)25-24-11-17-7-8-19(28-17)15-3-5-16(22)6-4-15/h3-11H,12H2,1-2H3,(H,25,26). The van der Waals surface area contributed by atoms with Crippen molar-refractivity contribution in [2.45, 2.75) is 13.8 Å². The molecule has 144 valence electrons. The second-order valence-corrected chi connectivity index (χ2v) is 6.98. The highest BCUT2D eigenvalue weighted by Crippen LogP contribution is 2.26. The Morgan fingerprint density at radius 2 is 1.79 bits per heavy atom. The van der Waals surface area contributed by atoms with Crippen LogP contribution in [-0.2, 0) is 4.79 Å². The lowest BCUT2D eigenvalue weighted by molar-refractivity contribution is -0.123. The Morgan fingerprint density at radius 3 is 2.46 bits per heavy atom. The van der Waals surface area contributed by atoms with Crippen LogP contribution in [0, 0.1) is 13.8 Å². The highest BCUT2D eigenvalue weighted by molar-refractivity contribution is 6.32. The van der Waals surface area contributed by atoms with Crippen LogP contribution in [0.1, 0.15) is 16.9 Å². The maximum Gasteiger partial charge on any atom is 0.277 e. The third kappa shape index (κ3) is 5.15. The number of amides is 1. The molecule has 0 aliphatic heterocycles. The Labute approximate surface area is 172 Å². The minimum atomic E-state index is -0.383. The molecule has 0 aliphatic carbocycles. The van der Waals surface area contributed by atoms with E-state index in [1.807, 2.05) is 32.0 Å². The molecule has 1 heterocycles. The van der Waals surface area contributed by atoms with Crippen molar-refractivity contribution in [1.29, 1.82) is 0 Å². The normalized spacial score (nSPS) is 11.0. The highest BCUT2D eigenvalue weighted by Gasteiger charge is 2.07. The first-order chi connectivity index (χ1) is 13.4. The van der Waals surface area contributed by atoms with Gasteiger partial charge in [-0.25, -0.2) is 5.43 Å². The predicted molar refractivity (Wildman–Crippen MR) is 111 cm³/mol. The number of aryl methyl sites for hydroxylation is 2. The fourth-order valence-electron chi connectivity index (χ4n) is 2.53. The van der Waals surface area contributed by atoms with E-state index >= 15 is 0 Å². The molecule has 28 heavy (non-hydrogen) atoms. The van der Waals surface area contributed by atoms with Gasteiger partial charge in [-0.3, -0.25) is 4.79 Å². The summed E-state index contributed by atoms with van der Waals surface area (Å²) < 4.78 is 11.2. The molecule has 3 aromatic rings. The number of rotatable bonds is 6. The Hall–Kier alpha value is -2.76. The number of hydrazone groups is 1. The van der Waals surface area contributed by atoms with Gasteiger partial charge >= 0.3 is 0 Å². The van der Waals surface area contributed by atoms with Crippen molar-refractivity contribution >= 4 is 35.3 Å². The van der Waals surface area contributed by atoms with Crippen molar-refractivity contribution in [3.05, 3.63) is 75.5 Å². The largest absolute Gasteiger partial charge is 0.484 e. The molecule has 0 unspecified atom stereocenters. The lowest BCUT2D eigenvalue weighted by Crippen LogP contribution is -2.24. The van der Waals surface area contributed by atoms with Gasteiger partial charge in [0.05, 0.1) is 6.21 Å². The van der Waals surface area contributed by atoms with Crippen molar-refractivity contribution in [2.24, 2.45) is 5.10 Å². The molecule has 1 N–H and O–H groups in total. The summed E-state index contributed by atoms with van der Waals surface area (Å²) in [7, 11) is 0. The summed E-state index contributed by atoms with van der Waals surface area (Å²) in [4.78, 5) is 11.9. The van der Waals surface area contributed by atoms with Gasteiger partial charge in [-0.2, -0.15) is 5.10 Å². The van der Waals surface area contributed by atoms with Gasteiger partial charge in [-0.1, -0.05) is 23.2 Å². The number of hydrogen-bond donors (Lipinski definition) is 1. The minimum absolute atomic E-state index is 0.161. The van der Waals surface area contributed by atoms with Crippen LogP contribution in [0.5, 0.6) is 5.75 Å². The number of carbonyl (C=O) groups is 1. The van der Waals surface area contributed by atoms with E-state index in [-0.39, 0.29) is 12.5 Å². The van der Waals surface area contributed by atoms with Gasteiger partial charge in [0.2, 0.25) is 0 Å². The van der Waals surface area contributed by atoms with E-state index in [9.17, 15) is 4.79 Å². The Kier molecular flexibility index (Phi) is 6.39. The molecule has 0 saturated heterocycles. The predicted octanol–water partition coefficient (Wildman–Crippen LogP) is 5.40. The van der Waals surface area contributed by atoms with Crippen LogP contribution < -0.4 is 10.2 Å². The van der Waals surface area contributed by atoms with Crippen molar-refractivity contribution in [1.82, 2.24) is 5.43 Å². The molecule has 0 aliphatic rings. The Balaban J connectivity index is 1.52. The number of furan rings is 1. The average molecular weight is 417 g/mol. The first kappa shape index (κ1) is 20.0. The van der Waals surface area contributed by atoms with Crippen LogP contribution in [0.3, 0.4) is 0 Å². The second-order valence-electron chi connectivity index (χ2n) is 6.16. The van der Waals surface area contributed by atoms with Gasteiger partial charge in [-0.15, -0.1) is 0 Å². The molecule has 2 aromatic carbocycles. The van der Waals surface area contributed by atoms with Crippen molar-refractivity contribution in [2.75, 3.05) is 6.61 Å². The number of nitrogens with one attached hydrogen (secondary N) is 1. The van der Waals surface area contributed by atoms with E-state index < -0.39 is 0 Å². The van der Waals surface area contributed by atoms with E-state index in [2.05, 4.69) is 10.5 Å². The van der Waals surface area contributed by atoms with Crippen molar-refractivity contribution in [3.8, 4) is 17.1 Å². The third-order valence-corrected chi connectivity index (χ3v) is 4.76. The van der Waals surface area contributed by atoms with E-state index in [4.69, 9.17) is 32.4 Å².